The SMILES string of the molecule is CCCNc1ccccc1S(=O)(=O)NCCC(N)=O. The van der Waals surface area contributed by atoms with Crippen molar-refractivity contribution in [2.75, 3.05) is 18.4 Å². The lowest BCUT2D eigenvalue weighted by Gasteiger charge is -2.12. The van der Waals surface area contributed by atoms with E-state index in [0.29, 0.717) is 12.2 Å². The Kier molecular flexibility index (Phi) is 5.78. The van der Waals surface area contributed by atoms with Crippen LogP contribution in [0.1, 0.15) is 19.8 Å². The number of hydrogen-bond acceptors (Lipinski definition) is 4. The van der Waals surface area contributed by atoms with Gasteiger partial charge in [-0.25, -0.2) is 13.1 Å². The van der Waals surface area contributed by atoms with Crippen LogP contribution in [0.25, 0.3) is 0 Å². The smallest absolute Gasteiger partial charge is 0.242 e. The van der Waals surface area contributed by atoms with Crippen molar-refractivity contribution < 1.29 is 13.2 Å². The molecule has 0 saturated heterocycles. The quantitative estimate of drug-likeness (QED) is 0.653. The minimum atomic E-state index is -3.64. The summed E-state index contributed by atoms with van der Waals surface area (Å²) < 4.78 is 26.5. The number of sulfonamides is 1. The van der Waals surface area contributed by atoms with E-state index in [2.05, 4.69) is 10.0 Å². The van der Waals surface area contributed by atoms with Gasteiger partial charge in [0, 0.05) is 19.5 Å². The normalized spacial score (nSPS) is 11.2. The van der Waals surface area contributed by atoms with Gasteiger partial charge in [0.15, 0.2) is 0 Å². The Morgan fingerprint density at radius 1 is 1.26 bits per heavy atom. The van der Waals surface area contributed by atoms with Gasteiger partial charge in [-0.2, -0.15) is 0 Å². The van der Waals surface area contributed by atoms with Crippen molar-refractivity contribution in [3.8, 4) is 0 Å². The summed E-state index contributed by atoms with van der Waals surface area (Å²) in [4.78, 5) is 10.8. The molecule has 0 saturated carbocycles. The van der Waals surface area contributed by atoms with E-state index in [0.717, 1.165) is 6.42 Å². The van der Waals surface area contributed by atoms with Crippen molar-refractivity contribution in [2.45, 2.75) is 24.7 Å². The molecule has 6 nitrogen and oxygen atoms in total. The topological polar surface area (TPSA) is 101 Å². The van der Waals surface area contributed by atoms with Crippen molar-refractivity contribution in [3.63, 3.8) is 0 Å². The zero-order valence-electron chi connectivity index (χ0n) is 10.8. The molecule has 0 unspecified atom stereocenters. The van der Waals surface area contributed by atoms with E-state index in [-0.39, 0.29) is 17.9 Å². The summed E-state index contributed by atoms with van der Waals surface area (Å²) in [5.74, 6) is -0.542. The Hall–Kier alpha value is -1.60. The number of rotatable bonds is 8. The third-order valence-electron chi connectivity index (χ3n) is 2.41. The van der Waals surface area contributed by atoms with Crippen molar-refractivity contribution in [3.05, 3.63) is 24.3 Å². The van der Waals surface area contributed by atoms with Gasteiger partial charge >= 0.3 is 0 Å². The first-order valence-electron chi connectivity index (χ1n) is 6.08. The van der Waals surface area contributed by atoms with E-state index in [1.165, 1.54) is 6.07 Å². The average Bonchev–Trinajstić information content (AvgIpc) is 2.36. The molecule has 0 aromatic heterocycles. The fraction of sp³-hybridized carbons (Fsp3) is 0.417. The molecule has 0 spiro atoms. The summed E-state index contributed by atoms with van der Waals surface area (Å²) in [6.07, 6.45) is 0.868. The number of amides is 1. The minimum absolute atomic E-state index is 0.000220. The lowest BCUT2D eigenvalue weighted by Crippen LogP contribution is -2.28. The standard InChI is InChI=1S/C12H19N3O3S/c1-2-8-14-10-5-3-4-6-11(10)19(17,18)15-9-7-12(13)16/h3-6,14-15H,2,7-9H2,1H3,(H2,13,16). The second kappa shape index (κ2) is 7.10. The summed E-state index contributed by atoms with van der Waals surface area (Å²) in [7, 11) is -3.64. The fourth-order valence-electron chi connectivity index (χ4n) is 1.49. The van der Waals surface area contributed by atoms with Gasteiger partial charge in [-0.3, -0.25) is 4.79 Å². The van der Waals surface area contributed by atoms with Crippen molar-refractivity contribution in [2.24, 2.45) is 5.73 Å². The molecule has 1 amide bonds. The highest BCUT2D eigenvalue weighted by atomic mass is 32.2. The highest BCUT2D eigenvalue weighted by molar-refractivity contribution is 7.89. The second-order valence-electron chi connectivity index (χ2n) is 4.04. The number of anilines is 1. The maximum absolute atomic E-state index is 12.1. The van der Waals surface area contributed by atoms with Gasteiger partial charge in [-0.15, -0.1) is 0 Å². The first kappa shape index (κ1) is 15.5. The predicted molar refractivity (Wildman–Crippen MR) is 74.2 cm³/mol. The lowest BCUT2D eigenvalue weighted by molar-refractivity contribution is -0.117. The molecule has 1 aromatic carbocycles. The van der Waals surface area contributed by atoms with Crippen molar-refractivity contribution >= 4 is 21.6 Å². The summed E-state index contributed by atoms with van der Waals surface area (Å²) in [6, 6.07) is 6.64. The highest BCUT2D eigenvalue weighted by Crippen LogP contribution is 2.20. The predicted octanol–water partition coefficient (Wildman–Crippen LogP) is 0.662. The molecule has 0 aliphatic carbocycles. The van der Waals surface area contributed by atoms with Crippen LogP contribution in [0, 0.1) is 0 Å². The molecular weight excluding hydrogens is 266 g/mol. The number of nitrogens with two attached hydrogens (primary N) is 1. The first-order valence-corrected chi connectivity index (χ1v) is 7.56. The molecule has 0 aliphatic rings. The minimum Gasteiger partial charge on any atom is -0.384 e. The molecule has 0 atom stereocenters. The molecule has 1 aromatic rings. The van der Waals surface area contributed by atoms with E-state index < -0.39 is 15.9 Å². The van der Waals surface area contributed by atoms with Crippen LogP contribution in [-0.2, 0) is 14.8 Å². The monoisotopic (exact) mass is 285 g/mol. The van der Waals surface area contributed by atoms with Crippen LogP contribution in [0.15, 0.2) is 29.2 Å². The van der Waals surface area contributed by atoms with Crippen LogP contribution in [0.5, 0.6) is 0 Å². The number of carbonyl (C=O) groups excluding carboxylic acids is 1. The molecule has 7 heteroatoms. The van der Waals surface area contributed by atoms with Gasteiger partial charge < -0.3 is 11.1 Å². The Morgan fingerprint density at radius 2 is 1.95 bits per heavy atom. The average molecular weight is 285 g/mol. The summed E-state index contributed by atoms with van der Waals surface area (Å²) >= 11 is 0. The molecule has 0 bridgehead atoms. The van der Waals surface area contributed by atoms with Gasteiger partial charge in [0.05, 0.1) is 5.69 Å². The molecule has 106 valence electrons. The third-order valence-corrected chi connectivity index (χ3v) is 3.92. The van der Waals surface area contributed by atoms with Gasteiger partial charge in [-0.1, -0.05) is 19.1 Å². The van der Waals surface area contributed by atoms with E-state index in [9.17, 15) is 13.2 Å². The Bertz CT molecular complexity index is 529. The maximum Gasteiger partial charge on any atom is 0.242 e. The summed E-state index contributed by atoms with van der Waals surface area (Å²) in [5.41, 5.74) is 5.52. The highest BCUT2D eigenvalue weighted by Gasteiger charge is 2.17. The van der Waals surface area contributed by atoms with Crippen LogP contribution in [-0.4, -0.2) is 27.4 Å². The number of benzene rings is 1. The zero-order valence-corrected chi connectivity index (χ0v) is 11.7. The third kappa shape index (κ3) is 4.88. The van der Waals surface area contributed by atoms with Gasteiger partial charge in [0.25, 0.3) is 0 Å². The Balaban J connectivity index is 2.84. The van der Waals surface area contributed by atoms with Crippen LogP contribution < -0.4 is 15.8 Å². The summed E-state index contributed by atoms with van der Waals surface area (Å²) in [5, 5.41) is 3.06. The largest absolute Gasteiger partial charge is 0.384 e. The van der Waals surface area contributed by atoms with Crippen molar-refractivity contribution in [1.29, 1.82) is 0 Å². The van der Waals surface area contributed by atoms with E-state index >= 15 is 0 Å². The Labute approximate surface area is 113 Å². The Morgan fingerprint density at radius 3 is 2.58 bits per heavy atom. The molecule has 1 rings (SSSR count). The van der Waals surface area contributed by atoms with Crippen LogP contribution in [0.3, 0.4) is 0 Å². The second-order valence-corrected chi connectivity index (χ2v) is 5.77. The molecule has 0 radical (unpaired) electrons. The molecule has 0 heterocycles. The van der Waals surface area contributed by atoms with E-state index in [1.807, 2.05) is 6.92 Å². The van der Waals surface area contributed by atoms with Crippen molar-refractivity contribution in [1.82, 2.24) is 4.72 Å². The lowest BCUT2D eigenvalue weighted by atomic mass is 10.3. The molecule has 19 heavy (non-hydrogen) atoms. The van der Waals surface area contributed by atoms with Crippen LogP contribution in [0.4, 0.5) is 5.69 Å². The number of hydrogen-bond donors (Lipinski definition) is 3. The van der Waals surface area contributed by atoms with Gasteiger partial charge in [0.2, 0.25) is 15.9 Å². The van der Waals surface area contributed by atoms with Gasteiger partial charge in [-0.05, 0) is 18.6 Å². The van der Waals surface area contributed by atoms with Crippen LogP contribution in [0.2, 0.25) is 0 Å². The van der Waals surface area contributed by atoms with Gasteiger partial charge in [0.1, 0.15) is 4.90 Å². The molecule has 4 N–H and O–H groups in total. The zero-order chi connectivity index (χ0) is 14.3. The van der Waals surface area contributed by atoms with Crippen LogP contribution >= 0.6 is 0 Å². The number of nitrogens with one attached hydrogen (secondary N) is 2. The number of primary amides is 1. The first-order chi connectivity index (χ1) is 8.97. The van der Waals surface area contributed by atoms with E-state index in [4.69, 9.17) is 5.73 Å². The molecular formula is C12H19N3O3S. The molecule has 0 aliphatic heterocycles. The number of para-hydroxylation sites is 1. The fourth-order valence-corrected chi connectivity index (χ4v) is 2.71. The number of carbonyl (C=O) groups is 1. The maximum atomic E-state index is 12.1. The molecule has 0 fully saturated rings. The summed E-state index contributed by atoms with van der Waals surface area (Å²) in [6.45, 7) is 2.68. The van der Waals surface area contributed by atoms with E-state index in [1.54, 1.807) is 18.2 Å².